The van der Waals surface area contributed by atoms with Crippen molar-refractivity contribution in [3.8, 4) is 5.75 Å². The lowest BCUT2D eigenvalue weighted by Gasteiger charge is -2.35. The average Bonchev–Trinajstić information content (AvgIpc) is 2.75. The van der Waals surface area contributed by atoms with Crippen molar-refractivity contribution in [2.45, 2.75) is 13.0 Å². The smallest absolute Gasteiger partial charge is 0.247 e. The number of hydrogen-bond acceptors (Lipinski definition) is 4. The van der Waals surface area contributed by atoms with Gasteiger partial charge in [0.15, 0.2) is 0 Å². The fraction of sp³-hybridized carbons (Fsp3) is 0.348. The van der Waals surface area contributed by atoms with Crippen LogP contribution < -0.4 is 10.1 Å². The van der Waals surface area contributed by atoms with E-state index in [0.29, 0.717) is 25.3 Å². The summed E-state index contributed by atoms with van der Waals surface area (Å²) in [6.07, 6.45) is 1.91. The number of morpholine rings is 1. The molecule has 0 saturated carbocycles. The van der Waals surface area contributed by atoms with Crippen molar-refractivity contribution in [3.63, 3.8) is 0 Å². The van der Waals surface area contributed by atoms with Crippen LogP contribution in [0.15, 0.2) is 60.2 Å². The number of methoxy groups -OCH3 is 1. The molecule has 1 aliphatic rings. The van der Waals surface area contributed by atoms with Crippen LogP contribution in [0.4, 0.5) is 0 Å². The van der Waals surface area contributed by atoms with Gasteiger partial charge >= 0.3 is 0 Å². The molecular weight excluding hydrogens is 352 g/mol. The van der Waals surface area contributed by atoms with Gasteiger partial charge < -0.3 is 14.8 Å². The first-order valence-electron chi connectivity index (χ1n) is 9.64. The molecule has 0 spiro atoms. The second-order valence-electron chi connectivity index (χ2n) is 6.89. The zero-order chi connectivity index (χ0) is 19.8. The molecule has 1 amide bonds. The Morgan fingerprint density at radius 3 is 2.46 bits per heavy atom. The summed E-state index contributed by atoms with van der Waals surface area (Å²) in [5.41, 5.74) is 2.88. The van der Waals surface area contributed by atoms with Crippen molar-refractivity contribution in [2.24, 2.45) is 0 Å². The van der Waals surface area contributed by atoms with E-state index < -0.39 is 0 Å². The zero-order valence-corrected chi connectivity index (χ0v) is 16.6. The highest BCUT2D eigenvalue weighted by Gasteiger charge is 2.23. The molecule has 0 bridgehead atoms. The maximum Gasteiger partial charge on any atom is 0.247 e. The van der Waals surface area contributed by atoms with Gasteiger partial charge in [0.1, 0.15) is 5.75 Å². The van der Waals surface area contributed by atoms with Crippen molar-refractivity contribution in [1.82, 2.24) is 10.2 Å². The van der Waals surface area contributed by atoms with Crippen molar-refractivity contribution >= 4 is 12.0 Å². The normalized spacial score (nSPS) is 16.4. The van der Waals surface area contributed by atoms with Crippen LogP contribution in [0.1, 0.15) is 24.1 Å². The van der Waals surface area contributed by atoms with Crippen LogP contribution in [0.2, 0.25) is 0 Å². The molecule has 1 unspecified atom stereocenters. The third kappa shape index (κ3) is 5.44. The van der Waals surface area contributed by atoms with Gasteiger partial charge in [-0.1, -0.05) is 42.5 Å². The lowest BCUT2D eigenvalue weighted by atomic mass is 10.0. The molecule has 2 aromatic carbocycles. The van der Waals surface area contributed by atoms with E-state index >= 15 is 0 Å². The van der Waals surface area contributed by atoms with Gasteiger partial charge in [-0.2, -0.15) is 0 Å². The van der Waals surface area contributed by atoms with Gasteiger partial charge in [-0.15, -0.1) is 0 Å². The summed E-state index contributed by atoms with van der Waals surface area (Å²) in [5, 5.41) is 3.11. The highest BCUT2D eigenvalue weighted by molar-refractivity contribution is 5.97. The second-order valence-corrected chi connectivity index (χ2v) is 6.89. The Morgan fingerprint density at radius 2 is 1.82 bits per heavy atom. The number of hydrogen-bond donors (Lipinski definition) is 1. The topological polar surface area (TPSA) is 50.8 Å². The SMILES string of the molecule is COc1ccc(C(CNC(=O)/C(C)=C/c2ccccc2)N2CCOCC2)cc1. The number of nitrogens with one attached hydrogen (secondary N) is 1. The average molecular weight is 380 g/mol. The Hall–Kier alpha value is -2.63. The first-order chi connectivity index (χ1) is 13.7. The van der Waals surface area contributed by atoms with Gasteiger partial charge in [0.2, 0.25) is 5.91 Å². The molecule has 3 rings (SSSR count). The van der Waals surface area contributed by atoms with E-state index in [2.05, 4.69) is 22.3 Å². The molecule has 148 valence electrons. The van der Waals surface area contributed by atoms with E-state index in [1.54, 1.807) is 7.11 Å². The molecule has 2 aromatic rings. The van der Waals surface area contributed by atoms with Crippen molar-refractivity contribution in [3.05, 3.63) is 71.3 Å². The van der Waals surface area contributed by atoms with Gasteiger partial charge in [-0.25, -0.2) is 0 Å². The first kappa shape index (κ1) is 20.1. The highest BCUT2D eigenvalue weighted by Crippen LogP contribution is 2.23. The van der Waals surface area contributed by atoms with Crippen LogP contribution >= 0.6 is 0 Å². The fourth-order valence-electron chi connectivity index (χ4n) is 3.37. The molecule has 28 heavy (non-hydrogen) atoms. The Kier molecular flexibility index (Phi) is 7.23. The van der Waals surface area contributed by atoms with Crippen molar-refractivity contribution < 1.29 is 14.3 Å². The standard InChI is InChI=1S/C23H28N2O3/c1-18(16-19-6-4-3-5-7-19)23(26)24-17-22(25-12-14-28-15-13-25)20-8-10-21(27-2)11-9-20/h3-11,16,22H,12-15,17H2,1-2H3,(H,24,26)/b18-16+. The molecule has 1 heterocycles. The van der Waals surface area contributed by atoms with Crippen LogP contribution in [0.5, 0.6) is 5.75 Å². The summed E-state index contributed by atoms with van der Waals surface area (Å²) in [6, 6.07) is 18.0. The van der Waals surface area contributed by atoms with Crippen molar-refractivity contribution in [1.29, 1.82) is 0 Å². The van der Waals surface area contributed by atoms with E-state index in [1.807, 2.05) is 55.5 Å². The molecule has 0 aliphatic carbocycles. The number of rotatable bonds is 7. The van der Waals surface area contributed by atoms with Crippen LogP contribution in [0, 0.1) is 0 Å². The van der Waals surface area contributed by atoms with Gasteiger partial charge in [-0.05, 0) is 36.3 Å². The number of amides is 1. The monoisotopic (exact) mass is 380 g/mol. The van der Waals surface area contributed by atoms with Crippen LogP contribution in [0.3, 0.4) is 0 Å². The van der Waals surface area contributed by atoms with E-state index in [0.717, 1.165) is 30.0 Å². The summed E-state index contributed by atoms with van der Waals surface area (Å²) >= 11 is 0. The number of carbonyl (C=O) groups is 1. The summed E-state index contributed by atoms with van der Waals surface area (Å²) < 4.78 is 10.8. The molecule has 0 aromatic heterocycles. The third-order valence-corrected chi connectivity index (χ3v) is 4.98. The molecule has 1 atom stereocenters. The molecule has 1 saturated heterocycles. The number of carbonyl (C=O) groups excluding carboxylic acids is 1. The highest BCUT2D eigenvalue weighted by atomic mass is 16.5. The molecule has 0 radical (unpaired) electrons. The fourth-order valence-corrected chi connectivity index (χ4v) is 3.37. The molecule has 1 aliphatic heterocycles. The molecule has 5 heteroatoms. The van der Waals surface area contributed by atoms with Gasteiger partial charge in [-0.3, -0.25) is 9.69 Å². The van der Waals surface area contributed by atoms with Crippen LogP contribution in [-0.4, -0.2) is 50.8 Å². The second kappa shape index (κ2) is 10.1. The maximum absolute atomic E-state index is 12.6. The third-order valence-electron chi connectivity index (χ3n) is 4.98. The Bertz CT molecular complexity index is 781. The lowest BCUT2D eigenvalue weighted by Crippen LogP contribution is -2.43. The summed E-state index contributed by atoms with van der Waals surface area (Å²) in [5.74, 6) is 0.783. The van der Waals surface area contributed by atoms with Gasteiger partial charge in [0.05, 0.1) is 26.4 Å². The lowest BCUT2D eigenvalue weighted by molar-refractivity contribution is -0.117. The minimum absolute atomic E-state index is 0.0457. The van der Waals surface area contributed by atoms with Crippen LogP contribution in [0.25, 0.3) is 6.08 Å². The van der Waals surface area contributed by atoms with Crippen LogP contribution in [-0.2, 0) is 9.53 Å². The number of benzene rings is 2. The van der Waals surface area contributed by atoms with Gasteiger partial charge in [0, 0.05) is 25.2 Å². The van der Waals surface area contributed by atoms with E-state index in [1.165, 1.54) is 0 Å². The Labute approximate surface area is 167 Å². The predicted octanol–water partition coefficient (Wildman–Crippen LogP) is 3.29. The summed E-state index contributed by atoms with van der Waals surface area (Å²) in [4.78, 5) is 15.0. The summed E-state index contributed by atoms with van der Waals surface area (Å²) in [7, 11) is 1.66. The molecular formula is C23H28N2O3. The van der Waals surface area contributed by atoms with E-state index in [4.69, 9.17) is 9.47 Å². The summed E-state index contributed by atoms with van der Waals surface area (Å²) in [6.45, 7) is 5.53. The largest absolute Gasteiger partial charge is 0.497 e. The number of nitrogens with zero attached hydrogens (tertiary/aromatic N) is 1. The zero-order valence-electron chi connectivity index (χ0n) is 16.6. The first-order valence-corrected chi connectivity index (χ1v) is 9.64. The minimum atomic E-state index is -0.0457. The van der Waals surface area contributed by atoms with Gasteiger partial charge in [0.25, 0.3) is 0 Å². The molecule has 1 N–H and O–H groups in total. The number of ether oxygens (including phenoxy) is 2. The Balaban J connectivity index is 1.69. The molecule has 1 fully saturated rings. The van der Waals surface area contributed by atoms with Crippen molar-refractivity contribution in [2.75, 3.05) is 40.0 Å². The minimum Gasteiger partial charge on any atom is -0.497 e. The quantitative estimate of drug-likeness (QED) is 0.749. The molecule has 5 nitrogen and oxygen atoms in total. The predicted molar refractivity (Wildman–Crippen MR) is 111 cm³/mol. The van der Waals surface area contributed by atoms with E-state index in [-0.39, 0.29) is 11.9 Å². The maximum atomic E-state index is 12.6. The van der Waals surface area contributed by atoms with E-state index in [9.17, 15) is 4.79 Å². The Morgan fingerprint density at radius 1 is 1.14 bits per heavy atom.